The number of ether oxygens (including phenoxy) is 12. The highest BCUT2D eigenvalue weighted by atomic mass is 16.8. The number of aromatic hydroxyl groups is 2. The van der Waals surface area contributed by atoms with Crippen LogP contribution in [0.1, 0.15) is 35.3 Å². The Balaban J connectivity index is 1.39. The summed E-state index contributed by atoms with van der Waals surface area (Å²) in [4.78, 5) is 66.1. The summed E-state index contributed by atoms with van der Waals surface area (Å²) >= 11 is 0. The second kappa shape index (κ2) is 27.9. The number of aliphatic hydroxyl groups excluding tert-OH is 9. The summed E-state index contributed by atoms with van der Waals surface area (Å²) in [6, 6.07) is 18.2. The molecule has 4 fully saturated rings. The molecule has 28 heteroatoms. The van der Waals surface area contributed by atoms with Gasteiger partial charge in [0.05, 0.1) is 18.8 Å². The largest absolute Gasteiger partial charge is 0.508 e. The zero-order chi connectivity index (χ0) is 58.7. The molecule has 0 radical (unpaired) electrons. The molecule has 19 atom stereocenters. The SMILES string of the molecule is CC(=O)OC[C@H]1O[C@@H](O[C@@H]2[C@@H](O[C@@H]3O[C@H](CO)[C@@H](O)[C@H](O)[C@H]3O)[C@@H](O[C@]3(COC(=O)/C=C/c4ccc(O)cc4)O[C@H](CO)[C@@H](O)[C@@H]3OC(=O)c3ccccc3)O[C@H](COC(C)=O)[C@H]2OC(=O)/C=C/c2ccc(O)cc2)[C@H](O)[C@@H](O)[C@@H]1O. The lowest BCUT2D eigenvalue weighted by atomic mass is 9.95. The number of hydrogen-bond donors (Lipinski definition) is 11. The Hall–Kier alpha value is -6.55. The highest BCUT2D eigenvalue weighted by Gasteiger charge is 2.64. The Bertz CT molecular complexity index is 2630. The Morgan fingerprint density at radius 3 is 1.56 bits per heavy atom. The fourth-order valence-electron chi connectivity index (χ4n) is 8.85. The van der Waals surface area contributed by atoms with Crippen molar-refractivity contribution in [2.24, 2.45) is 0 Å². The van der Waals surface area contributed by atoms with Crippen molar-refractivity contribution in [3.8, 4) is 11.5 Å². The smallest absolute Gasteiger partial charge is 0.338 e. The third kappa shape index (κ3) is 15.5. The summed E-state index contributed by atoms with van der Waals surface area (Å²) in [5.74, 6) is -8.49. The predicted octanol–water partition coefficient (Wildman–Crippen LogP) is -2.80. The van der Waals surface area contributed by atoms with Crippen molar-refractivity contribution in [2.45, 2.75) is 130 Å². The van der Waals surface area contributed by atoms with Gasteiger partial charge in [-0.15, -0.1) is 0 Å². The maximum atomic E-state index is 14.0. The molecule has 0 bridgehead atoms. The van der Waals surface area contributed by atoms with E-state index >= 15 is 0 Å². The van der Waals surface area contributed by atoms with Gasteiger partial charge >= 0.3 is 29.8 Å². The van der Waals surface area contributed by atoms with Gasteiger partial charge in [0, 0.05) is 26.0 Å². The number of rotatable bonds is 21. The summed E-state index contributed by atoms with van der Waals surface area (Å²) in [5, 5.41) is 119. The fourth-order valence-corrected chi connectivity index (χ4v) is 8.85. The van der Waals surface area contributed by atoms with E-state index in [1.165, 1.54) is 84.9 Å². The van der Waals surface area contributed by atoms with E-state index in [-0.39, 0.29) is 17.1 Å². The third-order valence-electron chi connectivity index (χ3n) is 13.1. The zero-order valence-electron chi connectivity index (χ0n) is 43.1. The molecule has 0 saturated carbocycles. The van der Waals surface area contributed by atoms with Gasteiger partial charge in [-0.2, -0.15) is 0 Å². The minimum atomic E-state index is -2.91. The minimum absolute atomic E-state index is 0.0870. The second-order valence-electron chi connectivity index (χ2n) is 18.9. The average molecular weight is 1150 g/mol. The number of esters is 5. The van der Waals surface area contributed by atoms with Gasteiger partial charge in [-0.1, -0.05) is 42.5 Å². The lowest BCUT2D eigenvalue weighted by molar-refractivity contribution is -0.421. The molecule has 0 unspecified atom stereocenters. The van der Waals surface area contributed by atoms with Crippen LogP contribution in [0, 0.1) is 0 Å². The summed E-state index contributed by atoms with van der Waals surface area (Å²) in [6.45, 7) is -2.98. The van der Waals surface area contributed by atoms with Gasteiger partial charge in [-0.05, 0) is 59.7 Å². The van der Waals surface area contributed by atoms with E-state index in [1.807, 2.05) is 0 Å². The van der Waals surface area contributed by atoms with Crippen LogP contribution in [0.25, 0.3) is 12.2 Å². The van der Waals surface area contributed by atoms with Gasteiger partial charge in [0.2, 0.25) is 5.79 Å². The van der Waals surface area contributed by atoms with Gasteiger partial charge in [0.25, 0.3) is 0 Å². The normalized spacial score (nSPS) is 34.1. The molecule has 4 heterocycles. The van der Waals surface area contributed by atoms with Crippen molar-refractivity contribution in [2.75, 3.05) is 33.0 Å². The quantitative estimate of drug-likeness (QED) is 0.0291. The molecule has 4 aliphatic heterocycles. The summed E-state index contributed by atoms with van der Waals surface area (Å²) in [5.41, 5.74) is 0.632. The number of hydrogen-bond acceptors (Lipinski definition) is 28. The minimum Gasteiger partial charge on any atom is -0.508 e. The molecule has 3 aromatic carbocycles. The van der Waals surface area contributed by atoms with Crippen LogP contribution in [0.5, 0.6) is 11.5 Å². The fraction of sp³-hybridized carbons (Fsp3) is 0.491. The van der Waals surface area contributed by atoms with Crippen molar-refractivity contribution in [1.82, 2.24) is 0 Å². The first-order chi connectivity index (χ1) is 38.6. The number of carbonyl (C=O) groups is 5. The van der Waals surface area contributed by atoms with Crippen molar-refractivity contribution in [3.63, 3.8) is 0 Å². The second-order valence-corrected chi connectivity index (χ2v) is 18.9. The topological polar surface area (TPSA) is 419 Å². The molecule has 28 nitrogen and oxygen atoms in total. The van der Waals surface area contributed by atoms with Crippen LogP contribution in [0.15, 0.2) is 91.0 Å². The van der Waals surface area contributed by atoms with Crippen molar-refractivity contribution >= 4 is 42.0 Å². The lowest BCUT2D eigenvalue weighted by Crippen LogP contribution is -2.69. The standard InChI is InChI=1S/C53H62O28/c1-25(56)70-22-34-39(63)42(66)44(68)51(74-34)77-46-45(76-37(61)19-13-28-10-16-31(59)17-11-28)35(23-71-26(2)57)75-52(47(46)78-50-43(67)41(65)38(62)32(20-54)73-50)81-53(24-72-36(60)18-12-27-8-14-30(58)15-9-27)48(40(64)33(21-55)80-53)79-49(69)29-6-4-3-5-7-29/h3-19,32-35,38-48,50-52,54-55,58-59,62-68H,20-24H2,1-2H3/b18-12+,19-13+/t32-,33-,34-,35-,38-,39-,40-,41+,42+,43-,44-,45-,46+,47-,48+,50+,51+,52-,53+/m1/s1. The lowest BCUT2D eigenvalue weighted by Gasteiger charge is -2.50. The van der Waals surface area contributed by atoms with E-state index < -0.39 is 179 Å². The summed E-state index contributed by atoms with van der Waals surface area (Å²) in [6.07, 6.45) is -33.4. The van der Waals surface area contributed by atoms with E-state index in [1.54, 1.807) is 6.07 Å². The molecular formula is C53H62O28. The van der Waals surface area contributed by atoms with Gasteiger partial charge in [0.1, 0.15) is 111 Å². The Labute approximate surface area is 460 Å². The molecule has 0 amide bonds. The molecule has 7 rings (SSSR count). The maximum Gasteiger partial charge on any atom is 0.338 e. The van der Waals surface area contributed by atoms with E-state index in [2.05, 4.69) is 0 Å². The predicted molar refractivity (Wildman–Crippen MR) is 265 cm³/mol. The first kappa shape index (κ1) is 62.1. The molecule has 4 saturated heterocycles. The van der Waals surface area contributed by atoms with Crippen LogP contribution in [-0.4, -0.2) is 235 Å². The molecule has 11 N–H and O–H groups in total. The Morgan fingerprint density at radius 2 is 1.01 bits per heavy atom. The van der Waals surface area contributed by atoms with Crippen LogP contribution in [0.2, 0.25) is 0 Å². The van der Waals surface area contributed by atoms with E-state index in [0.29, 0.717) is 11.1 Å². The van der Waals surface area contributed by atoms with Crippen molar-refractivity contribution in [1.29, 1.82) is 0 Å². The monoisotopic (exact) mass is 1150 g/mol. The maximum absolute atomic E-state index is 14.0. The first-order valence-electron chi connectivity index (χ1n) is 25.1. The molecule has 442 valence electrons. The zero-order valence-corrected chi connectivity index (χ0v) is 43.1. The highest BCUT2D eigenvalue weighted by molar-refractivity contribution is 5.90. The van der Waals surface area contributed by atoms with Crippen molar-refractivity contribution in [3.05, 3.63) is 108 Å². The summed E-state index contributed by atoms with van der Waals surface area (Å²) in [7, 11) is 0. The van der Waals surface area contributed by atoms with Gasteiger partial charge in [-0.25, -0.2) is 14.4 Å². The molecule has 4 aliphatic rings. The number of phenols is 2. The van der Waals surface area contributed by atoms with E-state index in [9.17, 15) is 80.1 Å². The first-order valence-corrected chi connectivity index (χ1v) is 25.1. The Morgan fingerprint density at radius 1 is 0.519 bits per heavy atom. The Kier molecular flexibility index (Phi) is 21.4. The summed E-state index contributed by atoms with van der Waals surface area (Å²) < 4.78 is 71.2. The van der Waals surface area contributed by atoms with Gasteiger partial charge < -0.3 is 113 Å². The van der Waals surface area contributed by atoms with Crippen LogP contribution < -0.4 is 0 Å². The molecule has 81 heavy (non-hydrogen) atoms. The molecular weight excluding hydrogens is 1080 g/mol. The van der Waals surface area contributed by atoms with E-state index in [0.717, 1.165) is 26.0 Å². The molecule has 3 aromatic rings. The molecule has 0 aliphatic carbocycles. The van der Waals surface area contributed by atoms with Gasteiger partial charge in [0.15, 0.2) is 31.1 Å². The van der Waals surface area contributed by atoms with Crippen LogP contribution in [0.4, 0.5) is 0 Å². The van der Waals surface area contributed by atoms with Crippen molar-refractivity contribution < 1.29 is 137 Å². The number of carbonyl (C=O) groups excluding carboxylic acids is 5. The number of phenolic OH excluding ortho intramolecular Hbond substituents is 2. The van der Waals surface area contributed by atoms with Gasteiger partial charge in [-0.3, -0.25) is 9.59 Å². The third-order valence-corrected chi connectivity index (χ3v) is 13.1. The van der Waals surface area contributed by atoms with Crippen LogP contribution in [0.3, 0.4) is 0 Å². The molecule has 0 spiro atoms. The molecule has 0 aromatic heterocycles. The van der Waals surface area contributed by atoms with Crippen LogP contribution >= 0.6 is 0 Å². The number of benzene rings is 3. The average Bonchev–Trinajstić information content (AvgIpc) is 3.58. The van der Waals surface area contributed by atoms with E-state index in [4.69, 9.17) is 56.8 Å². The number of aliphatic hydroxyl groups is 9. The highest BCUT2D eigenvalue weighted by Crippen LogP contribution is 2.42. The van der Waals surface area contributed by atoms with Crippen LogP contribution in [-0.2, 0) is 76.0 Å².